The molecule has 1 aliphatic rings. The van der Waals surface area contributed by atoms with Crippen LogP contribution in [-0.4, -0.2) is 42.9 Å². The first kappa shape index (κ1) is 20.8. The third-order valence-corrected chi connectivity index (χ3v) is 5.61. The number of carbonyl (C=O) groups is 2. The van der Waals surface area contributed by atoms with Crippen LogP contribution in [0.1, 0.15) is 21.5 Å². The van der Waals surface area contributed by atoms with Crippen molar-refractivity contribution in [3.8, 4) is 0 Å². The Kier molecular flexibility index (Phi) is 6.43. The zero-order valence-corrected chi connectivity index (χ0v) is 17.7. The van der Waals surface area contributed by atoms with Gasteiger partial charge < -0.3 is 10.2 Å². The quantitative estimate of drug-likeness (QED) is 0.645. The van der Waals surface area contributed by atoms with Crippen LogP contribution in [0.4, 0.5) is 5.69 Å². The zero-order chi connectivity index (χ0) is 21.6. The molecule has 0 bridgehead atoms. The van der Waals surface area contributed by atoms with E-state index in [9.17, 15) is 9.59 Å². The van der Waals surface area contributed by atoms with E-state index in [4.69, 9.17) is 0 Å². The van der Waals surface area contributed by atoms with Crippen LogP contribution in [0.5, 0.6) is 0 Å². The Bertz CT molecular complexity index is 1040. The summed E-state index contributed by atoms with van der Waals surface area (Å²) in [4.78, 5) is 30.1. The largest absolute Gasteiger partial charge is 0.353 e. The summed E-state index contributed by atoms with van der Waals surface area (Å²) in [5.41, 5.74) is 3.66. The maximum Gasteiger partial charge on any atom is 0.259 e. The minimum Gasteiger partial charge on any atom is -0.353 e. The van der Waals surface area contributed by atoms with Crippen molar-refractivity contribution in [3.63, 3.8) is 0 Å². The van der Waals surface area contributed by atoms with E-state index in [1.54, 1.807) is 17.0 Å². The summed E-state index contributed by atoms with van der Waals surface area (Å²) in [5, 5.41) is 3.04. The number of nitrogens with zero attached hydrogens (tertiary/aromatic N) is 2. The highest BCUT2D eigenvalue weighted by molar-refractivity contribution is 6.11. The maximum absolute atomic E-state index is 13.2. The number of nitrogens with one attached hydrogen (secondary N) is 1. The molecule has 0 fully saturated rings. The molecule has 1 aliphatic heterocycles. The lowest BCUT2D eigenvalue weighted by Gasteiger charge is -2.25. The van der Waals surface area contributed by atoms with Gasteiger partial charge >= 0.3 is 0 Å². The summed E-state index contributed by atoms with van der Waals surface area (Å²) in [5.74, 6) is -0.263. The van der Waals surface area contributed by atoms with Crippen molar-refractivity contribution >= 4 is 17.5 Å². The molecule has 0 saturated heterocycles. The van der Waals surface area contributed by atoms with Crippen molar-refractivity contribution in [1.29, 1.82) is 0 Å². The van der Waals surface area contributed by atoms with Crippen LogP contribution in [-0.2, 0) is 17.8 Å². The smallest absolute Gasteiger partial charge is 0.259 e. The molecule has 0 spiro atoms. The molecule has 1 atom stereocenters. The maximum atomic E-state index is 13.2. The second-order valence-electron chi connectivity index (χ2n) is 7.90. The summed E-state index contributed by atoms with van der Waals surface area (Å²) in [6, 6.07) is 26.6. The summed E-state index contributed by atoms with van der Waals surface area (Å²) < 4.78 is 0. The van der Waals surface area contributed by atoms with Crippen molar-refractivity contribution in [3.05, 3.63) is 102 Å². The second kappa shape index (κ2) is 9.58. The fourth-order valence-electron chi connectivity index (χ4n) is 4.03. The summed E-state index contributed by atoms with van der Waals surface area (Å²) in [7, 11) is 2.04. The van der Waals surface area contributed by atoms with Crippen molar-refractivity contribution in [2.75, 3.05) is 25.0 Å². The van der Waals surface area contributed by atoms with Crippen LogP contribution in [0.25, 0.3) is 0 Å². The second-order valence-corrected chi connectivity index (χ2v) is 7.90. The molecule has 3 aromatic rings. The van der Waals surface area contributed by atoms with Crippen LogP contribution >= 0.6 is 0 Å². The van der Waals surface area contributed by atoms with Gasteiger partial charge in [0.15, 0.2) is 0 Å². The van der Waals surface area contributed by atoms with Crippen LogP contribution in [0, 0.1) is 0 Å². The van der Waals surface area contributed by atoms with E-state index < -0.39 is 6.04 Å². The first-order valence-electron chi connectivity index (χ1n) is 10.6. The van der Waals surface area contributed by atoms with Crippen molar-refractivity contribution in [1.82, 2.24) is 10.2 Å². The molecule has 4 rings (SSSR count). The molecule has 158 valence electrons. The molecule has 3 aromatic carbocycles. The highest BCUT2D eigenvalue weighted by atomic mass is 16.2. The van der Waals surface area contributed by atoms with Gasteiger partial charge in [-0.25, -0.2) is 0 Å². The molecule has 0 radical (unpaired) electrons. The number of likely N-dealkylation sites (N-methyl/N-ethyl adjacent to an activating group) is 1. The first-order valence-corrected chi connectivity index (χ1v) is 10.6. The molecule has 0 aliphatic carbocycles. The Morgan fingerprint density at radius 1 is 0.935 bits per heavy atom. The number of benzene rings is 3. The SMILES string of the molecule is CN(CCNC(=O)[C@H]1Cc2ccccc2N1C(=O)c1ccccc1)Cc1ccccc1. The molecular weight excluding hydrogens is 386 g/mol. The fourth-order valence-corrected chi connectivity index (χ4v) is 4.03. The molecule has 5 nitrogen and oxygen atoms in total. The van der Waals surface area contributed by atoms with Gasteiger partial charge in [0.1, 0.15) is 6.04 Å². The highest BCUT2D eigenvalue weighted by Gasteiger charge is 2.38. The number of hydrogen-bond acceptors (Lipinski definition) is 3. The molecule has 1 heterocycles. The van der Waals surface area contributed by atoms with Crippen molar-refractivity contribution in [2.24, 2.45) is 0 Å². The van der Waals surface area contributed by atoms with E-state index >= 15 is 0 Å². The molecule has 31 heavy (non-hydrogen) atoms. The third-order valence-electron chi connectivity index (χ3n) is 5.61. The minimum atomic E-state index is -0.537. The lowest BCUT2D eigenvalue weighted by atomic mass is 10.1. The Balaban J connectivity index is 1.41. The zero-order valence-electron chi connectivity index (χ0n) is 17.7. The highest BCUT2D eigenvalue weighted by Crippen LogP contribution is 2.33. The Morgan fingerprint density at radius 2 is 1.58 bits per heavy atom. The summed E-state index contributed by atoms with van der Waals surface area (Å²) in [6.45, 7) is 2.08. The van der Waals surface area contributed by atoms with Crippen LogP contribution in [0.3, 0.4) is 0 Å². The number of anilines is 1. The van der Waals surface area contributed by atoms with E-state index in [0.717, 1.165) is 24.3 Å². The van der Waals surface area contributed by atoms with Gasteiger partial charge in [-0.15, -0.1) is 0 Å². The standard InChI is InChI=1S/C26H27N3O2/c1-28(19-20-10-4-2-5-11-20)17-16-27-25(30)24-18-22-14-8-9-15-23(22)29(24)26(31)21-12-6-3-7-13-21/h2-15,24H,16-19H2,1H3,(H,27,30)/t24-/m1/s1. The lowest BCUT2D eigenvalue weighted by Crippen LogP contribution is -2.49. The minimum absolute atomic E-state index is 0.117. The molecule has 0 unspecified atom stereocenters. The fraction of sp³-hybridized carbons (Fsp3) is 0.231. The van der Waals surface area contributed by atoms with E-state index in [1.807, 2.05) is 67.7 Å². The predicted octanol–water partition coefficient (Wildman–Crippen LogP) is 3.51. The van der Waals surface area contributed by atoms with Gasteiger partial charge in [0.05, 0.1) is 0 Å². The topological polar surface area (TPSA) is 52.7 Å². The van der Waals surface area contributed by atoms with Gasteiger partial charge in [-0.05, 0) is 36.4 Å². The monoisotopic (exact) mass is 413 g/mol. The molecule has 1 N–H and O–H groups in total. The third kappa shape index (κ3) is 4.84. The van der Waals surface area contributed by atoms with Gasteiger partial charge in [0.2, 0.25) is 5.91 Å². The van der Waals surface area contributed by atoms with E-state index in [1.165, 1.54) is 5.56 Å². The van der Waals surface area contributed by atoms with E-state index in [2.05, 4.69) is 22.3 Å². The van der Waals surface area contributed by atoms with Gasteiger partial charge in [0.25, 0.3) is 5.91 Å². The number of fused-ring (bicyclic) bond motifs is 1. The number of hydrogen-bond donors (Lipinski definition) is 1. The molecule has 0 saturated carbocycles. The van der Waals surface area contributed by atoms with Crippen LogP contribution in [0.2, 0.25) is 0 Å². The molecular formula is C26H27N3O2. The molecule has 5 heteroatoms. The Morgan fingerprint density at radius 3 is 2.32 bits per heavy atom. The lowest BCUT2D eigenvalue weighted by molar-refractivity contribution is -0.122. The Hall–Kier alpha value is -3.44. The number of amides is 2. The van der Waals surface area contributed by atoms with Gasteiger partial charge in [-0.1, -0.05) is 66.7 Å². The first-order chi connectivity index (χ1) is 15.1. The summed E-state index contributed by atoms with van der Waals surface area (Å²) in [6.07, 6.45) is 0.528. The van der Waals surface area contributed by atoms with E-state index in [0.29, 0.717) is 18.5 Å². The average molecular weight is 414 g/mol. The number of carbonyl (C=O) groups excluding carboxylic acids is 2. The van der Waals surface area contributed by atoms with Gasteiger partial charge in [-0.2, -0.15) is 0 Å². The normalized spacial score (nSPS) is 15.0. The molecule has 2 amide bonds. The van der Waals surface area contributed by atoms with Gasteiger partial charge in [-0.3, -0.25) is 14.5 Å². The number of rotatable bonds is 7. The summed E-state index contributed by atoms with van der Waals surface area (Å²) >= 11 is 0. The number of para-hydroxylation sites is 1. The van der Waals surface area contributed by atoms with Crippen molar-refractivity contribution < 1.29 is 9.59 Å². The van der Waals surface area contributed by atoms with Crippen molar-refractivity contribution in [2.45, 2.75) is 19.0 Å². The average Bonchev–Trinajstić information content (AvgIpc) is 3.19. The predicted molar refractivity (Wildman–Crippen MR) is 123 cm³/mol. The Labute approximate surface area is 183 Å². The van der Waals surface area contributed by atoms with E-state index in [-0.39, 0.29) is 11.8 Å². The van der Waals surface area contributed by atoms with Crippen LogP contribution in [0.15, 0.2) is 84.9 Å². The molecule has 0 aromatic heterocycles. The van der Waals surface area contributed by atoms with Crippen LogP contribution < -0.4 is 10.2 Å². The van der Waals surface area contributed by atoms with Gasteiger partial charge in [0, 0.05) is 37.3 Å².